The average molecular weight is 563 g/mol. The Morgan fingerprint density at radius 2 is 1.75 bits per heavy atom. The highest BCUT2D eigenvalue weighted by atomic mass is 32.2. The molecule has 0 radical (unpaired) electrons. The quantitative estimate of drug-likeness (QED) is 0.208. The number of amides is 1. The molecule has 0 aromatic heterocycles. The van der Waals surface area contributed by atoms with Crippen LogP contribution in [-0.4, -0.2) is 45.8 Å². The number of fused-ring (bicyclic) bond motifs is 1. The molecular formula is C30H34N4O5S. The smallest absolute Gasteiger partial charge is 0.326 e. The van der Waals surface area contributed by atoms with Crippen molar-refractivity contribution in [2.45, 2.75) is 38.4 Å². The molecule has 0 saturated heterocycles. The second kappa shape index (κ2) is 12.8. The molecule has 1 aliphatic heterocycles. The van der Waals surface area contributed by atoms with Crippen molar-refractivity contribution >= 4 is 39.1 Å². The van der Waals surface area contributed by atoms with Crippen LogP contribution in [0.5, 0.6) is 0 Å². The summed E-state index contributed by atoms with van der Waals surface area (Å²) in [7, 11) is -3.92. The van der Waals surface area contributed by atoms with Crippen molar-refractivity contribution in [2.75, 3.05) is 28.9 Å². The number of hydrogen-bond donors (Lipinski definition) is 2. The summed E-state index contributed by atoms with van der Waals surface area (Å²) in [6.45, 7) is 1.96. The minimum Gasteiger partial charge on any atom is -0.465 e. The molecule has 0 bridgehead atoms. The molecule has 1 heterocycles. The first-order valence-electron chi connectivity index (χ1n) is 13.2. The van der Waals surface area contributed by atoms with Gasteiger partial charge in [-0.25, -0.2) is 8.42 Å². The van der Waals surface area contributed by atoms with Crippen LogP contribution in [0.3, 0.4) is 0 Å². The molecule has 40 heavy (non-hydrogen) atoms. The summed E-state index contributed by atoms with van der Waals surface area (Å²) in [5, 5.41) is 7.51. The minimum atomic E-state index is -3.92. The lowest BCUT2D eigenvalue weighted by atomic mass is 9.99. The zero-order valence-corrected chi connectivity index (χ0v) is 23.3. The van der Waals surface area contributed by atoms with Gasteiger partial charge in [-0.2, -0.15) is 0 Å². The van der Waals surface area contributed by atoms with E-state index in [4.69, 9.17) is 15.9 Å². The number of rotatable bonds is 11. The molecule has 3 N–H and O–H groups in total. The van der Waals surface area contributed by atoms with Gasteiger partial charge >= 0.3 is 5.97 Å². The van der Waals surface area contributed by atoms with Gasteiger partial charge in [0.05, 0.1) is 18.0 Å². The summed E-state index contributed by atoms with van der Waals surface area (Å²) in [6, 6.07) is 21.3. The number of carbonyl (C=O) groups is 2. The number of esters is 1. The first-order valence-corrected chi connectivity index (χ1v) is 14.9. The van der Waals surface area contributed by atoms with Crippen molar-refractivity contribution in [3.05, 3.63) is 95.1 Å². The van der Waals surface area contributed by atoms with Gasteiger partial charge in [-0.15, -0.1) is 0 Å². The fourth-order valence-electron chi connectivity index (χ4n) is 4.77. The largest absolute Gasteiger partial charge is 0.465 e. The van der Waals surface area contributed by atoms with E-state index in [0.717, 1.165) is 27.5 Å². The van der Waals surface area contributed by atoms with Crippen LogP contribution in [0, 0.1) is 5.41 Å². The fourth-order valence-corrected chi connectivity index (χ4v) is 6.28. The molecule has 0 unspecified atom stereocenters. The second-order valence-electron chi connectivity index (χ2n) is 9.63. The van der Waals surface area contributed by atoms with Crippen LogP contribution in [0.25, 0.3) is 0 Å². The molecule has 0 fully saturated rings. The fraction of sp³-hybridized carbons (Fsp3) is 0.300. The topological polar surface area (TPSA) is 134 Å². The summed E-state index contributed by atoms with van der Waals surface area (Å²) >= 11 is 0. The molecule has 0 aliphatic carbocycles. The van der Waals surface area contributed by atoms with Crippen LogP contribution < -0.4 is 14.9 Å². The Morgan fingerprint density at radius 3 is 2.42 bits per heavy atom. The first-order chi connectivity index (χ1) is 19.2. The van der Waals surface area contributed by atoms with Crippen LogP contribution in [0.4, 0.5) is 11.4 Å². The Balaban J connectivity index is 1.55. The predicted molar refractivity (Wildman–Crippen MR) is 156 cm³/mol. The van der Waals surface area contributed by atoms with Crippen molar-refractivity contribution in [2.24, 2.45) is 5.73 Å². The van der Waals surface area contributed by atoms with Gasteiger partial charge in [0, 0.05) is 24.2 Å². The van der Waals surface area contributed by atoms with E-state index in [0.29, 0.717) is 42.6 Å². The monoisotopic (exact) mass is 562 g/mol. The van der Waals surface area contributed by atoms with Gasteiger partial charge in [-0.3, -0.25) is 19.3 Å². The summed E-state index contributed by atoms with van der Waals surface area (Å²) in [5.41, 5.74) is 9.71. The highest BCUT2D eigenvalue weighted by molar-refractivity contribution is 7.92. The lowest BCUT2D eigenvalue weighted by molar-refractivity contribution is -0.141. The number of aryl methyl sites for hydroxylation is 2. The number of hydrogen-bond acceptors (Lipinski definition) is 6. The Morgan fingerprint density at radius 1 is 1.02 bits per heavy atom. The van der Waals surface area contributed by atoms with Gasteiger partial charge in [0.1, 0.15) is 12.4 Å². The van der Waals surface area contributed by atoms with E-state index in [-0.39, 0.29) is 24.1 Å². The molecule has 0 atom stereocenters. The maximum Gasteiger partial charge on any atom is 0.326 e. The number of anilines is 2. The number of sulfonamides is 1. The third-order valence-electron chi connectivity index (χ3n) is 6.77. The molecule has 210 valence electrons. The summed E-state index contributed by atoms with van der Waals surface area (Å²) < 4.78 is 33.2. The molecule has 9 nitrogen and oxygen atoms in total. The molecule has 3 aromatic rings. The number of nitrogens with two attached hydrogens (primary N) is 1. The van der Waals surface area contributed by atoms with Gasteiger partial charge in [-0.05, 0) is 61.1 Å². The van der Waals surface area contributed by atoms with E-state index >= 15 is 0 Å². The Bertz CT molecular complexity index is 1470. The number of carbonyl (C=O) groups excluding carboxylic acids is 2. The van der Waals surface area contributed by atoms with Crippen LogP contribution in [0.2, 0.25) is 0 Å². The second-order valence-corrected chi connectivity index (χ2v) is 11.5. The third kappa shape index (κ3) is 7.06. The van der Waals surface area contributed by atoms with E-state index in [2.05, 4.69) is 0 Å². The molecule has 4 rings (SSSR count). The average Bonchev–Trinajstić information content (AvgIpc) is 2.94. The summed E-state index contributed by atoms with van der Waals surface area (Å²) in [5.74, 6) is -0.919. The van der Waals surface area contributed by atoms with Gasteiger partial charge in [-0.1, -0.05) is 54.6 Å². The lowest BCUT2D eigenvalue weighted by Gasteiger charge is -2.31. The molecule has 0 spiro atoms. The summed E-state index contributed by atoms with van der Waals surface area (Å²) in [6.07, 6.45) is 2.28. The Labute approximate surface area is 235 Å². The van der Waals surface area contributed by atoms with E-state index in [9.17, 15) is 18.0 Å². The van der Waals surface area contributed by atoms with E-state index < -0.39 is 22.5 Å². The maximum atomic E-state index is 13.5. The zero-order valence-electron chi connectivity index (χ0n) is 22.5. The molecule has 1 amide bonds. The van der Waals surface area contributed by atoms with E-state index in [1.807, 2.05) is 18.2 Å². The Hall–Kier alpha value is -4.18. The van der Waals surface area contributed by atoms with Crippen molar-refractivity contribution in [1.82, 2.24) is 0 Å². The van der Waals surface area contributed by atoms with Crippen molar-refractivity contribution < 1.29 is 22.7 Å². The standard InChI is InChI=1S/C30H34N4O5S/c1-2-39-29(36)20-34(40(37,38)21-23-7-4-3-5-8-23)26-15-16-27-25(19-26)9-6-18-33(27)28(35)17-12-22-10-13-24(14-11-22)30(31)32/h3-5,7-8,10-11,13-16,19H,2,6,9,12,17-18,20-21H2,1H3,(H3,31,32). The lowest BCUT2D eigenvalue weighted by Crippen LogP contribution is -2.38. The first kappa shape index (κ1) is 28.8. The van der Waals surface area contributed by atoms with E-state index in [1.54, 1.807) is 66.4 Å². The van der Waals surface area contributed by atoms with Crippen LogP contribution >= 0.6 is 0 Å². The molecule has 3 aromatic carbocycles. The van der Waals surface area contributed by atoms with Crippen molar-refractivity contribution in [1.29, 1.82) is 5.41 Å². The van der Waals surface area contributed by atoms with Crippen LogP contribution in [0.15, 0.2) is 72.8 Å². The van der Waals surface area contributed by atoms with Crippen molar-refractivity contribution in [3.63, 3.8) is 0 Å². The van der Waals surface area contributed by atoms with Gasteiger partial charge < -0.3 is 15.4 Å². The van der Waals surface area contributed by atoms with Gasteiger partial charge in [0.2, 0.25) is 15.9 Å². The number of nitrogen functional groups attached to an aromatic ring is 1. The SMILES string of the molecule is CCOC(=O)CN(c1ccc2c(c1)CCCN2C(=O)CCc1ccc(C(=N)N)cc1)S(=O)(=O)Cc1ccccc1. The molecule has 0 saturated carbocycles. The minimum absolute atomic E-state index is 0.000561. The number of ether oxygens (including phenoxy) is 1. The van der Waals surface area contributed by atoms with Gasteiger partial charge in [0.15, 0.2) is 0 Å². The van der Waals surface area contributed by atoms with Crippen LogP contribution in [-0.2, 0) is 42.9 Å². The highest BCUT2D eigenvalue weighted by Crippen LogP contribution is 2.33. The normalized spacial score (nSPS) is 12.9. The number of amidine groups is 1. The molecule has 10 heteroatoms. The zero-order chi connectivity index (χ0) is 28.7. The van der Waals surface area contributed by atoms with Crippen LogP contribution in [0.1, 0.15) is 42.0 Å². The number of nitrogens with one attached hydrogen (secondary N) is 1. The highest BCUT2D eigenvalue weighted by Gasteiger charge is 2.29. The molecule has 1 aliphatic rings. The number of nitrogens with zero attached hydrogens (tertiary/aromatic N) is 2. The predicted octanol–water partition coefficient (Wildman–Crippen LogP) is 3.78. The van der Waals surface area contributed by atoms with E-state index in [1.165, 1.54) is 0 Å². The summed E-state index contributed by atoms with van der Waals surface area (Å²) in [4.78, 5) is 27.4. The molecular weight excluding hydrogens is 528 g/mol. The number of benzene rings is 3. The van der Waals surface area contributed by atoms with Gasteiger partial charge in [0.25, 0.3) is 0 Å². The van der Waals surface area contributed by atoms with Crippen molar-refractivity contribution in [3.8, 4) is 0 Å². The Kier molecular flexibility index (Phi) is 9.21. The third-order valence-corrected chi connectivity index (χ3v) is 8.48. The maximum absolute atomic E-state index is 13.5.